The third-order valence-corrected chi connectivity index (χ3v) is 5.07. The van der Waals surface area contributed by atoms with E-state index >= 15 is 0 Å². The van der Waals surface area contributed by atoms with Crippen LogP contribution in [0.1, 0.15) is 11.1 Å². The molecule has 1 aromatic heterocycles. The molecule has 1 aliphatic rings. The van der Waals surface area contributed by atoms with Crippen molar-refractivity contribution in [2.24, 2.45) is 0 Å². The number of aromatic nitrogens is 1. The average Bonchev–Trinajstić information content (AvgIpc) is 3.01. The molecule has 1 N–H and O–H groups in total. The topological polar surface area (TPSA) is 79.7 Å². The standard InChI is InChI=1S/C21H20N3O4/c1-28-19-11-5-16(6-12-19)14-23-20-4-2-3-13-22(20)15-21(23,25)17-7-9-18(10-8-17)24(26)27/h2-13,25H,14-15H2,1H3/q+1. The van der Waals surface area contributed by atoms with Crippen LogP contribution in [0, 0.1) is 10.1 Å². The van der Waals surface area contributed by atoms with E-state index in [0.717, 1.165) is 17.1 Å². The normalized spacial score (nSPS) is 18.0. The van der Waals surface area contributed by atoms with E-state index in [1.165, 1.54) is 12.1 Å². The van der Waals surface area contributed by atoms with Gasteiger partial charge in [0.05, 0.1) is 18.2 Å². The summed E-state index contributed by atoms with van der Waals surface area (Å²) in [7, 11) is 1.62. The van der Waals surface area contributed by atoms with Crippen LogP contribution in [-0.4, -0.2) is 17.1 Å². The van der Waals surface area contributed by atoms with E-state index in [4.69, 9.17) is 4.74 Å². The van der Waals surface area contributed by atoms with Gasteiger partial charge in [0, 0.05) is 23.8 Å². The molecule has 0 saturated carbocycles. The number of nitro benzene ring substituents is 1. The van der Waals surface area contributed by atoms with Crippen molar-refractivity contribution in [3.05, 3.63) is 94.2 Å². The number of nitrogens with zero attached hydrogens (tertiary/aromatic N) is 3. The van der Waals surface area contributed by atoms with Gasteiger partial charge in [0.25, 0.3) is 17.2 Å². The Balaban J connectivity index is 1.73. The van der Waals surface area contributed by atoms with E-state index in [-0.39, 0.29) is 5.69 Å². The van der Waals surface area contributed by atoms with Crippen molar-refractivity contribution in [1.82, 2.24) is 0 Å². The van der Waals surface area contributed by atoms with Gasteiger partial charge in [-0.3, -0.25) is 10.1 Å². The SMILES string of the molecule is COc1ccc(CN2c3cccc[n+]3CC2(O)c2ccc([N+](=O)[O-])cc2)cc1. The van der Waals surface area contributed by atoms with Gasteiger partial charge >= 0.3 is 0 Å². The highest BCUT2D eigenvalue weighted by Gasteiger charge is 2.51. The molecular weight excluding hydrogens is 358 g/mol. The van der Waals surface area contributed by atoms with E-state index in [9.17, 15) is 15.2 Å². The van der Waals surface area contributed by atoms with Gasteiger partial charge in [-0.2, -0.15) is 0 Å². The van der Waals surface area contributed by atoms with Gasteiger partial charge in [0.2, 0.25) is 0 Å². The fourth-order valence-corrected chi connectivity index (χ4v) is 3.58. The fraction of sp³-hybridized carbons (Fsp3) is 0.190. The fourth-order valence-electron chi connectivity index (χ4n) is 3.58. The maximum absolute atomic E-state index is 11.6. The van der Waals surface area contributed by atoms with Crippen LogP contribution in [0.5, 0.6) is 5.75 Å². The summed E-state index contributed by atoms with van der Waals surface area (Å²) in [5.74, 6) is 1.64. The first-order chi connectivity index (χ1) is 13.5. The molecule has 142 valence electrons. The third kappa shape index (κ3) is 3.05. The number of anilines is 1. The van der Waals surface area contributed by atoms with Crippen LogP contribution in [0.15, 0.2) is 72.9 Å². The van der Waals surface area contributed by atoms with Crippen LogP contribution < -0.4 is 14.2 Å². The third-order valence-electron chi connectivity index (χ3n) is 5.07. The van der Waals surface area contributed by atoms with Crippen molar-refractivity contribution >= 4 is 11.5 Å². The van der Waals surface area contributed by atoms with Crippen LogP contribution in [0.2, 0.25) is 0 Å². The summed E-state index contributed by atoms with van der Waals surface area (Å²) < 4.78 is 7.19. The van der Waals surface area contributed by atoms with Gasteiger partial charge in [-0.25, -0.2) is 9.47 Å². The summed E-state index contributed by atoms with van der Waals surface area (Å²) in [5.41, 5.74) is 0.301. The number of ether oxygens (including phenoxy) is 1. The van der Waals surface area contributed by atoms with E-state index in [1.54, 1.807) is 19.2 Å². The molecule has 1 unspecified atom stereocenters. The monoisotopic (exact) mass is 378 g/mol. The van der Waals surface area contributed by atoms with Gasteiger partial charge in [-0.15, -0.1) is 0 Å². The minimum atomic E-state index is -1.32. The van der Waals surface area contributed by atoms with Gasteiger partial charge in [-0.1, -0.05) is 18.2 Å². The molecular formula is C21H20N3O4+. The summed E-state index contributed by atoms with van der Waals surface area (Å²) in [6.07, 6.45) is 1.92. The molecule has 1 aliphatic heterocycles. The molecule has 0 amide bonds. The summed E-state index contributed by atoms with van der Waals surface area (Å²) >= 11 is 0. The van der Waals surface area contributed by atoms with E-state index in [0.29, 0.717) is 18.7 Å². The zero-order chi connectivity index (χ0) is 19.7. The number of aliphatic hydroxyl groups is 1. The largest absolute Gasteiger partial charge is 0.497 e. The molecule has 0 radical (unpaired) electrons. The predicted octanol–water partition coefficient (Wildman–Crippen LogP) is 2.76. The molecule has 7 heteroatoms. The summed E-state index contributed by atoms with van der Waals surface area (Å²) in [4.78, 5) is 12.4. The van der Waals surface area contributed by atoms with Gasteiger partial charge in [-0.05, 0) is 35.9 Å². The quantitative estimate of drug-likeness (QED) is 0.420. The van der Waals surface area contributed by atoms with Crippen molar-refractivity contribution in [3.63, 3.8) is 0 Å². The molecule has 2 aromatic carbocycles. The van der Waals surface area contributed by atoms with Crippen molar-refractivity contribution < 1.29 is 19.3 Å². The number of fused-ring (bicyclic) bond motifs is 1. The number of methoxy groups -OCH3 is 1. The maximum atomic E-state index is 11.6. The number of benzene rings is 2. The van der Waals surface area contributed by atoms with E-state index in [2.05, 4.69) is 0 Å². The second-order valence-corrected chi connectivity index (χ2v) is 6.74. The number of nitro groups is 1. The molecule has 0 fully saturated rings. The Hall–Kier alpha value is -3.45. The highest BCUT2D eigenvalue weighted by Crippen LogP contribution is 2.36. The Bertz CT molecular complexity index is 1000. The predicted molar refractivity (Wildman–Crippen MR) is 103 cm³/mol. The van der Waals surface area contributed by atoms with E-state index in [1.807, 2.05) is 58.1 Å². The lowest BCUT2D eigenvalue weighted by Gasteiger charge is -2.27. The summed E-state index contributed by atoms with van der Waals surface area (Å²) in [6.45, 7) is 0.804. The molecule has 0 aliphatic carbocycles. The lowest BCUT2D eigenvalue weighted by molar-refractivity contribution is -0.683. The minimum absolute atomic E-state index is 0.00258. The first kappa shape index (κ1) is 17.9. The van der Waals surface area contributed by atoms with Gasteiger partial charge in [0.1, 0.15) is 12.3 Å². The second kappa shape index (κ2) is 6.94. The highest BCUT2D eigenvalue weighted by atomic mass is 16.6. The Morgan fingerprint density at radius 3 is 2.50 bits per heavy atom. The van der Waals surface area contributed by atoms with Gasteiger partial charge in [0.15, 0.2) is 6.54 Å². The van der Waals surface area contributed by atoms with Crippen LogP contribution in [0.25, 0.3) is 0 Å². The number of hydrogen-bond acceptors (Lipinski definition) is 5. The Kier molecular flexibility index (Phi) is 4.44. The molecule has 7 nitrogen and oxygen atoms in total. The Labute approximate surface area is 162 Å². The van der Waals surface area contributed by atoms with Crippen molar-refractivity contribution in [1.29, 1.82) is 0 Å². The van der Waals surface area contributed by atoms with Crippen LogP contribution in [0.3, 0.4) is 0 Å². The van der Waals surface area contributed by atoms with Gasteiger partial charge < -0.3 is 9.84 Å². The Morgan fingerprint density at radius 1 is 1.14 bits per heavy atom. The number of pyridine rings is 1. The molecule has 1 atom stereocenters. The Morgan fingerprint density at radius 2 is 1.86 bits per heavy atom. The summed E-state index contributed by atoms with van der Waals surface area (Å²) in [6, 6.07) is 19.6. The van der Waals surface area contributed by atoms with Crippen molar-refractivity contribution in [2.45, 2.75) is 18.8 Å². The molecule has 3 aromatic rings. The zero-order valence-electron chi connectivity index (χ0n) is 15.4. The van der Waals surface area contributed by atoms with Crippen molar-refractivity contribution in [3.8, 4) is 5.75 Å². The van der Waals surface area contributed by atoms with E-state index < -0.39 is 10.6 Å². The molecule has 0 bridgehead atoms. The number of non-ortho nitro benzene ring substituents is 1. The smallest absolute Gasteiger partial charge is 0.279 e. The lowest BCUT2D eigenvalue weighted by atomic mass is 10.0. The maximum Gasteiger partial charge on any atom is 0.279 e. The van der Waals surface area contributed by atoms with Crippen LogP contribution in [-0.2, 0) is 18.8 Å². The molecule has 0 spiro atoms. The lowest BCUT2D eigenvalue weighted by Crippen LogP contribution is -2.45. The average molecular weight is 378 g/mol. The van der Waals surface area contributed by atoms with Crippen LogP contribution >= 0.6 is 0 Å². The first-order valence-electron chi connectivity index (χ1n) is 8.87. The minimum Gasteiger partial charge on any atom is -0.497 e. The summed E-state index contributed by atoms with van der Waals surface area (Å²) in [5, 5.41) is 22.6. The highest BCUT2D eigenvalue weighted by molar-refractivity contribution is 5.46. The second-order valence-electron chi connectivity index (χ2n) is 6.74. The number of hydrogen-bond donors (Lipinski definition) is 1. The number of rotatable bonds is 5. The molecule has 2 heterocycles. The van der Waals surface area contributed by atoms with Crippen LogP contribution in [0.4, 0.5) is 11.5 Å². The first-order valence-corrected chi connectivity index (χ1v) is 8.87. The molecule has 28 heavy (non-hydrogen) atoms. The molecule has 0 saturated heterocycles. The molecule has 4 rings (SSSR count). The van der Waals surface area contributed by atoms with Crippen molar-refractivity contribution in [2.75, 3.05) is 12.0 Å². The zero-order valence-corrected chi connectivity index (χ0v) is 15.4.